The number of para-hydroxylation sites is 1. The third-order valence-corrected chi connectivity index (χ3v) is 2.80. The Labute approximate surface area is 118 Å². The van der Waals surface area contributed by atoms with Gasteiger partial charge in [-0.05, 0) is 17.7 Å². The number of aliphatic carboxylic acids is 1. The average Bonchev–Trinajstić information content (AvgIpc) is 2.49. The van der Waals surface area contributed by atoms with Crippen LogP contribution in [0, 0.1) is 0 Å². The molecule has 4 heteroatoms. The van der Waals surface area contributed by atoms with E-state index in [1.165, 1.54) is 0 Å². The minimum Gasteiger partial charge on any atom is -0.481 e. The topological polar surface area (TPSA) is 49.8 Å². The first-order chi connectivity index (χ1) is 9.75. The molecule has 20 heavy (non-hydrogen) atoms. The Morgan fingerprint density at radius 3 is 2.20 bits per heavy atom. The van der Waals surface area contributed by atoms with Crippen LogP contribution in [0.1, 0.15) is 12.0 Å². The number of carboxylic acid groups (broad SMARTS) is 1. The second kappa shape index (κ2) is 7.31. The van der Waals surface area contributed by atoms with E-state index in [1.807, 2.05) is 60.7 Å². The van der Waals surface area contributed by atoms with Crippen molar-refractivity contribution in [2.24, 2.45) is 0 Å². The summed E-state index contributed by atoms with van der Waals surface area (Å²) < 4.78 is 0. The van der Waals surface area contributed by atoms with Crippen LogP contribution < -0.4 is 5.06 Å². The minimum atomic E-state index is -0.839. The van der Waals surface area contributed by atoms with Crippen molar-refractivity contribution in [2.45, 2.75) is 13.0 Å². The van der Waals surface area contributed by atoms with Crippen LogP contribution in [0.4, 0.5) is 5.69 Å². The van der Waals surface area contributed by atoms with Gasteiger partial charge in [0.05, 0.1) is 25.3 Å². The molecule has 104 valence electrons. The molecule has 4 nitrogen and oxygen atoms in total. The summed E-state index contributed by atoms with van der Waals surface area (Å²) in [6.07, 6.45) is 0.0314. The van der Waals surface area contributed by atoms with Gasteiger partial charge in [-0.3, -0.25) is 14.7 Å². The lowest BCUT2D eigenvalue weighted by molar-refractivity contribution is -0.137. The second-order valence-electron chi connectivity index (χ2n) is 4.34. The lowest BCUT2D eigenvalue weighted by Gasteiger charge is -2.23. The molecule has 0 bridgehead atoms. The number of rotatable bonds is 7. The Morgan fingerprint density at radius 1 is 1.00 bits per heavy atom. The molecule has 0 amide bonds. The molecular weight excluding hydrogens is 254 g/mol. The largest absolute Gasteiger partial charge is 0.481 e. The van der Waals surface area contributed by atoms with Crippen molar-refractivity contribution in [3.63, 3.8) is 0 Å². The van der Waals surface area contributed by atoms with Gasteiger partial charge in [-0.25, -0.2) is 0 Å². The smallest absolute Gasteiger partial charge is 0.305 e. The minimum absolute atomic E-state index is 0.0314. The molecule has 2 rings (SSSR count). The number of anilines is 1. The van der Waals surface area contributed by atoms with E-state index >= 15 is 0 Å². The molecular formula is C16H17NO3. The Hall–Kier alpha value is -2.33. The molecule has 0 radical (unpaired) electrons. The summed E-state index contributed by atoms with van der Waals surface area (Å²) in [6, 6.07) is 19.3. The monoisotopic (exact) mass is 271 g/mol. The van der Waals surface area contributed by atoms with Crippen molar-refractivity contribution < 1.29 is 14.7 Å². The van der Waals surface area contributed by atoms with Crippen molar-refractivity contribution in [3.8, 4) is 0 Å². The zero-order valence-electron chi connectivity index (χ0n) is 11.1. The van der Waals surface area contributed by atoms with Crippen molar-refractivity contribution >= 4 is 11.7 Å². The van der Waals surface area contributed by atoms with Gasteiger partial charge >= 0.3 is 5.97 Å². The predicted octanol–water partition coefficient (Wildman–Crippen LogP) is 3.10. The fourth-order valence-corrected chi connectivity index (χ4v) is 1.79. The van der Waals surface area contributed by atoms with Crippen LogP contribution >= 0.6 is 0 Å². The van der Waals surface area contributed by atoms with Crippen LogP contribution in [0.3, 0.4) is 0 Å². The summed E-state index contributed by atoms with van der Waals surface area (Å²) in [6.45, 7) is 0.724. The van der Waals surface area contributed by atoms with Crippen LogP contribution in [0.25, 0.3) is 0 Å². The Morgan fingerprint density at radius 2 is 1.60 bits per heavy atom. The number of nitrogens with zero attached hydrogens (tertiary/aromatic N) is 1. The molecule has 0 aromatic heterocycles. The van der Waals surface area contributed by atoms with Gasteiger partial charge in [-0.1, -0.05) is 48.5 Å². The summed E-state index contributed by atoms with van der Waals surface area (Å²) in [4.78, 5) is 16.5. The van der Waals surface area contributed by atoms with E-state index in [1.54, 1.807) is 5.06 Å². The molecule has 0 aliphatic rings. The fraction of sp³-hybridized carbons (Fsp3) is 0.188. The Bertz CT molecular complexity index is 528. The quantitative estimate of drug-likeness (QED) is 0.786. The van der Waals surface area contributed by atoms with Gasteiger partial charge < -0.3 is 5.11 Å². The number of carboxylic acids is 1. The van der Waals surface area contributed by atoms with E-state index in [9.17, 15) is 4.79 Å². The molecule has 0 saturated carbocycles. The number of benzene rings is 2. The zero-order valence-corrected chi connectivity index (χ0v) is 11.1. The Balaban J connectivity index is 2.01. The number of hydroxylamine groups is 1. The van der Waals surface area contributed by atoms with Gasteiger partial charge in [-0.2, -0.15) is 0 Å². The summed E-state index contributed by atoms with van der Waals surface area (Å²) in [5, 5.41) is 10.4. The summed E-state index contributed by atoms with van der Waals surface area (Å²) in [5.74, 6) is -0.839. The molecule has 2 aromatic rings. The van der Waals surface area contributed by atoms with Crippen molar-refractivity contribution in [2.75, 3.05) is 11.6 Å². The van der Waals surface area contributed by atoms with Gasteiger partial charge in [0.15, 0.2) is 0 Å². The molecule has 0 unspecified atom stereocenters. The highest BCUT2D eigenvalue weighted by atomic mass is 16.7. The molecule has 2 aromatic carbocycles. The SMILES string of the molecule is O=C(O)CCN(OCc1ccccc1)c1ccccc1. The van der Waals surface area contributed by atoms with E-state index in [0.29, 0.717) is 13.2 Å². The second-order valence-corrected chi connectivity index (χ2v) is 4.34. The standard InChI is InChI=1S/C16H17NO3/c18-16(19)11-12-17(15-9-5-2-6-10-15)20-13-14-7-3-1-4-8-14/h1-10H,11-13H2,(H,18,19). The summed E-state index contributed by atoms with van der Waals surface area (Å²) >= 11 is 0. The maximum absolute atomic E-state index is 10.7. The van der Waals surface area contributed by atoms with Gasteiger partial charge in [-0.15, -0.1) is 0 Å². The van der Waals surface area contributed by atoms with E-state index in [-0.39, 0.29) is 6.42 Å². The maximum atomic E-state index is 10.7. The lowest BCUT2D eigenvalue weighted by atomic mass is 10.2. The lowest BCUT2D eigenvalue weighted by Crippen LogP contribution is -2.26. The Kier molecular flexibility index (Phi) is 5.15. The highest BCUT2D eigenvalue weighted by Gasteiger charge is 2.09. The fourth-order valence-electron chi connectivity index (χ4n) is 1.79. The number of carbonyl (C=O) groups is 1. The third kappa shape index (κ3) is 4.40. The third-order valence-electron chi connectivity index (χ3n) is 2.80. The van der Waals surface area contributed by atoms with Crippen molar-refractivity contribution in [3.05, 3.63) is 66.2 Å². The van der Waals surface area contributed by atoms with Crippen molar-refractivity contribution in [1.29, 1.82) is 0 Å². The van der Waals surface area contributed by atoms with Gasteiger partial charge in [0.2, 0.25) is 0 Å². The normalized spacial score (nSPS) is 10.2. The van der Waals surface area contributed by atoms with Crippen LogP contribution in [0.15, 0.2) is 60.7 Å². The van der Waals surface area contributed by atoms with Crippen molar-refractivity contribution in [1.82, 2.24) is 0 Å². The number of hydrogen-bond acceptors (Lipinski definition) is 3. The first-order valence-corrected chi connectivity index (χ1v) is 6.47. The predicted molar refractivity (Wildman–Crippen MR) is 77.3 cm³/mol. The van der Waals surface area contributed by atoms with Gasteiger partial charge in [0.25, 0.3) is 0 Å². The molecule has 0 aliphatic carbocycles. The molecule has 0 saturated heterocycles. The summed E-state index contributed by atoms with van der Waals surface area (Å²) in [5.41, 5.74) is 1.90. The highest BCUT2D eigenvalue weighted by Crippen LogP contribution is 2.15. The van der Waals surface area contributed by atoms with E-state index in [2.05, 4.69) is 0 Å². The maximum Gasteiger partial charge on any atom is 0.305 e. The highest BCUT2D eigenvalue weighted by molar-refractivity contribution is 5.67. The molecule has 1 N–H and O–H groups in total. The first-order valence-electron chi connectivity index (χ1n) is 6.47. The molecule has 0 fully saturated rings. The van der Waals surface area contributed by atoms with E-state index in [4.69, 9.17) is 9.94 Å². The van der Waals surface area contributed by atoms with Gasteiger partial charge in [0, 0.05) is 0 Å². The van der Waals surface area contributed by atoms with E-state index in [0.717, 1.165) is 11.3 Å². The average molecular weight is 271 g/mol. The van der Waals surface area contributed by atoms with Crippen LogP contribution in [0.2, 0.25) is 0 Å². The molecule has 0 heterocycles. The van der Waals surface area contributed by atoms with Gasteiger partial charge in [0.1, 0.15) is 0 Å². The zero-order chi connectivity index (χ0) is 14.2. The first kappa shape index (κ1) is 14.1. The number of hydrogen-bond donors (Lipinski definition) is 1. The molecule has 0 atom stereocenters. The van der Waals surface area contributed by atoms with Crippen LogP contribution in [0.5, 0.6) is 0 Å². The van der Waals surface area contributed by atoms with Crippen LogP contribution in [-0.4, -0.2) is 17.6 Å². The van der Waals surface area contributed by atoms with Crippen LogP contribution in [-0.2, 0) is 16.2 Å². The summed E-state index contributed by atoms with van der Waals surface area (Å²) in [7, 11) is 0. The molecule has 0 aliphatic heterocycles. The molecule has 0 spiro atoms. The van der Waals surface area contributed by atoms with E-state index < -0.39 is 5.97 Å².